The number of hydrogen-bond donors (Lipinski definition) is 1. The van der Waals surface area contributed by atoms with E-state index in [0.29, 0.717) is 12.2 Å². The molecular formula is C24H29NO6S. The van der Waals surface area contributed by atoms with Gasteiger partial charge >= 0.3 is 11.9 Å². The van der Waals surface area contributed by atoms with E-state index in [1.807, 2.05) is 24.3 Å². The highest BCUT2D eigenvalue weighted by atomic mass is 32.1. The van der Waals surface area contributed by atoms with E-state index in [9.17, 15) is 14.4 Å². The molecule has 0 aliphatic rings. The first-order valence-electron chi connectivity index (χ1n) is 10.6. The molecule has 0 saturated heterocycles. The maximum atomic E-state index is 12.5. The van der Waals surface area contributed by atoms with Crippen LogP contribution in [0.4, 0.5) is 5.00 Å². The number of unbranched alkanes of at least 4 members (excludes halogenated alkanes) is 1. The summed E-state index contributed by atoms with van der Waals surface area (Å²) in [6.45, 7) is 8.17. The lowest BCUT2D eigenvalue weighted by Gasteiger charge is -2.06. The molecule has 1 N–H and O–H groups in total. The van der Waals surface area contributed by atoms with Crippen molar-refractivity contribution in [3.8, 4) is 5.75 Å². The summed E-state index contributed by atoms with van der Waals surface area (Å²) in [5.74, 6) is -0.803. The first-order valence-corrected chi connectivity index (χ1v) is 11.4. The quantitative estimate of drug-likeness (QED) is 0.281. The number of amides is 1. The molecule has 1 aromatic carbocycles. The molecule has 0 aliphatic carbocycles. The van der Waals surface area contributed by atoms with E-state index in [-0.39, 0.29) is 28.7 Å². The Morgan fingerprint density at radius 1 is 1.00 bits per heavy atom. The number of rotatable bonds is 11. The molecule has 0 unspecified atom stereocenters. The van der Waals surface area contributed by atoms with E-state index >= 15 is 0 Å². The van der Waals surface area contributed by atoms with Crippen LogP contribution in [-0.2, 0) is 14.3 Å². The second kappa shape index (κ2) is 12.7. The summed E-state index contributed by atoms with van der Waals surface area (Å²) < 4.78 is 15.8. The van der Waals surface area contributed by atoms with Crippen molar-refractivity contribution in [2.75, 3.05) is 25.1 Å². The Hall–Kier alpha value is -3.13. The highest BCUT2D eigenvalue weighted by Crippen LogP contribution is 2.34. The van der Waals surface area contributed by atoms with Gasteiger partial charge in [0, 0.05) is 6.08 Å². The smallest absolute Gasteiger partial charge is 0.348 e. The summed E-state index contributed by atoms with van der Waals surface area (Å²) in [5.41, 5.74) is 1.41. The van der Waals surface area contributed by atoms with Crippen molar-refractivity contribution in [1.82, 2.24) is 0 Å². The Kier molecular flexibility index (Phi) is 9.94. The minimum atomic E-state index is -0.602. The fourth-order valence-corrected chi connectivity index (χ4v) is 3.87. The number of esters is 2. The van der Waals surface area contributed by atoms with E-state index in [4.69, 9.17) is 14.2 Å². The summed E-state index contributed by atoms with van der Waals surface area (Å²) in [5, 5.41) is 2.93. The third kappa shape index (κ3) is 6.95. The summed E-state index contributed by atoms with van der Waals surface area (Å²) in [4.78, 5) is 37.4. The Morgan fingerprint density at radius 2 is 1.66 bits per heavy atom. The van der Waals surface area contributed by atoms with Gasteiger partial charge in [-0.05, 0) is 56.5 Å². The van der Waals surface area contributed by atoms with E-state index in [2.05, 4.69) is 12.2 Å². The zero-order valence-corrected chi connectivity index (χ0v) is 19.7. The Balaban J connectivity index is 2.14. The maximum Gasteiger partial charge on any atom is 0.348 e. The van der Waals surface area contributed by atoms with E-state index in [1.165, 1.54) is 6.08 Å². The van der Waals surface area contributed by atoms with Crippen molar-refractivity contribution in [3.63, 3.8) is 0 Å². The third-order valence-corrected chi connectivity index (χ3v) is 5.59. The molecule has 0 bridgehead atoms. The van der Waals surface area contributed by atoms with Crippen LogP contribution in [0, 0.1) is 6.92 Å². The van der Waals surface area contributed by atoms with Crippen LogP contribution in [0.2, 0.25) is 0 Å². The molecule has 32 heavy (non-hydrogen) atoms. The Labute approximate surface area is 192 Å². The Bertz CT molecular complexity index is 962. The van der Waals surface area contributed by atoms with Crippen molar-refractivity contribution in [2.45, 2.75) is 40.5 Å². The number of ether oxygens (including phenoxy) is 3. The number of nitrogens with one attached hydrogen (secondary N) is 1. The number of benzene rings is 1. The molecule has 0 radical (unpaired) electrons. The normalized spacial score (nSPS) is 10.8. The van der Waals surface area contributed by atoms with Crippen molar-refractivity contribution in [3.05, 3.63) is 51.9 Å². The lowest BCUT2D eigenvalue weighted by Crippen LogP contribution is -2.13. The fourth-order valence-electron chi connectivity index (χ4n) is 2.78. The predicted molar refractivity (Wildman–Crippen MR) is 125 cm³/mol. The summed E-state index contributed by atoms with van der Waals surface area (Å²) in [6, 6.07) is 7.40. The molecule has 8 heteroatoms. The standard InChI is InChI=1S/C24H29NO6S/c1-5-8-15-31-18-12-9-17(10-13-18)11-14-19(26)25-22-20(23(27)29-6-2)16(4)21(32-22)24(28)30-7-3/h9-14H,5-8,15H2,1-4H3,(H,25,26)/b14-11+. The molecule has 0 spiro atoms. The molecule has 0 atom stereocenters. The number of carbonyl (C=O) groups excluding carboxylic acids is 3. The lowest BCUT2D eigenvalue weighted by atomic mass is 10.1. The third-order valence-electron chi connectivity index (χ3n) is 4.40. The van der Waals surface area contributed by atoms with Crippen molar-refractivity contribution in [2.24, 2.45) is 0 Å². The van der Waals surface area contributed by atoms with Crippen LogP contribution < -0.4 is 10.1 Å². The molecule has 1 aromatic heterocycles. The van der Waals surface area contributed by atoms with Crippen LogP contribution in [0.1, 0.15) is 64.8 Å². The van der Waals surface area contributed by atoms with E-state index < -0.39 is 17.8 Å². The second-order valence-electron chi connectivity index (χ2n) is 6.79. The fraction of sp³-hybridized carbons (Fsp3) is 0.375. The lowest BCUT2D eigenvalue weighted by molar-refractivity contribution is -0.111. The predicted octanol–water partition coefficient (Wildman–Crippen LogP) is 5.24. The summed E-state index contributed by atoms with van der Waals surface area (Å²) >= 11 is 0.992. The molecular weight excluding hydrogens is 430 g/mol. The first kappa shape index (κ1) is 25.1. The van der Waals surface area contributed by atoms with Gasteiger partial charge in [-0.1, -0.05) is 25.5 Å². The monoisotopic (exact) mass is 459 g/mol. The highest BCUT2D eigenvalue weighted by molar-refractivity contribution is 7.18. The number of anilines is 1. The van der Waals surface area contributed by atoms with Gasteiger partial charge in [0.15, 0.2) is 0 Å². The van der Waals surface area contributed by atoms with E-state index in [0.717, 1.165) is 35.5 Å². The molecule has 1 heterocycles. The van der Waals surface area contributed by atoms with Gasteiger partial charge in [0.1, 0.15) is 15.6 Å². The first-order chi connectivity index (χ1) is 15.4. The van der Waals surface area contributed by atoms with Crippen LogP contribution >= 0.6 is 11.3 Å². The van der Waals surface area contributed by atoms with Crippen LogP contribution in [0.25, 0.3) is 6.08 Å². The zero-order valence-electron chi connectivity index (χ0n) is 18.9. The SMILES string of the molecule is CCCCOc1ccc(/C=C/C(=O)Nc2sc(C(=O)OCC)c(C)c2C(=O)OCC)cc1. The Morgan fingerprint density at radius 3 is 2.28 bits per heavy atom. The van der Waals surface area contributed by atoms with Crippen LogP contribution in [-0.4, -0.2) is 37.7 Å². The van der Waals surface area contributed by atoms with Gasteiger partial charge in [0.2, 0.25) is 5.91 Å². The van der Waals surface area contributed by atoms with Gasteiger partial charge in [-0.15, -0.1) is 11.3 Å². The average Bonchev–Trinajstić information content (AvgIpc) is 3.09. The molecule has 7 nitrogen and oxygen atoms in total. The van der Waals surface area contributed by atoms with Crippen molar-refractivity contribution >= 4 is 40.3 Å². The number of carbonyl (C=O) groups is 3. The molecule has 1 amide bonds. The largest absolute Gasteiger partial charge is 0.494 e. The van der Waals surface area contributed by atoms with Crippen LogP contribution in [0.5, 0.6) is 5.75 Å². The van der Waals surface area contributed by atoms with Gasteiger partial charge in [0.05, 0.1) is 25.4 Å². The van der Waals surface area contributed by atoms with Gasteiger partial charge in [-0.2, -0.15) is 0 Å². The van der Waals surface area contributed by atoms with Gasteiger partial charge in [0.25, 0.3) is 0 Å². The zero-order chi connectivity index (χ0) is 23.5. The summed E-state index contributed by atoms with van der Waals surface area (Å²) in [7, 11) is 0. The molecule has 0 saturated carbocycles. The number of thiophene rings is 1. The van der Waals surface area contributed by atoms with Crippen LogP contribution in [0.3, 0.4) is 0 Å². The highest BCUT2D eigenvalue weighted by Gasteiger charge is 2.27. The van der Waals surface area contributed by atoms with Gasteiger partial charge < -0.3 is 19.5 Å². The molecule has 172 valence electrons. The second-order valence-corrected chi connectivity index (χ2v) is 7.82. The topological polar surface area (TPSA) is 90.9 Å². The molecule has 2 aromatic rings. The maximum absolute atomic E-state index is 12.5. The van der Waals surface area contributed by atoms with Gasteiger partial charge in [-0.3, -0.25) is 4.79 Å². The number of hydrogen-bond acceptors (Lipinski definition) is 7. The molecule has 0 aliphatic heterocycles. The van der Waals surface area contributed by atoms with Crippen molar-refractivity contribution in [1.29, 1.82) is 0 Å². The van der Waals surface area contributed by atoms with E-state index in [1.54, 1.807) is 26.8 Å². The minimum absolute atomic E-state index is 0.162. The van der Waals surface area contributed by atoms with Crippen LogP contribution in [0.15, 0.2) is 30.3 Å². The average molecular weight is 460 g/mol. The minimum Gasteiger partial charge on any atom is -0.494 e. The molecule has 0 fully saturated rings. The molecule has 2 rings (SSSR count). The van der Waals surface area contributed by atoms with Crippen molar-refractivity contribution < 1.29 is 28.6 Å². The summed E-state index contributed by atoms with van der Waals surface area (Å²) in [6.07, 6.45) is 5.08. The van der Waals surface area contributed by atoms with Gasteiger partial charge in [-0.25, -0.2) is 9.59 Å².